The molecule has 0 aromatic rings. The van der Waals surface area contributed by atoms with E-state index in [-0.39, 0.29) is 6.70 Å². The third kappa shape index (κ3) is 10.7. The SMILES string of the molecule is CCCCCC[PH](=S)CCCCCC. The largest absolute Gasteiger partial charge is 0.101 e. The molecule has 86 valence electrons. The molecule has 0 aliphatic heterocycles. The van der Waals surface area contributed by atoms with Gasteiger partial charge in [0.1, 0.15) is 0 Å². The minimum Gasteiger partial charge on any atom is -0.101 e. The Morgan fingerprint density at radius 1 is 0.714 bits per heavy atom. The Morgan fingerprint density at radius 3 is 1.50 bits per heavy atom. The van der Waals surface area contributed by atoms with Gasteiger partial charge in [0.2, 0.25) is 0 Å². The number of hydrogen-bond acceptors (Lipinski definition) is 1. The summed E-state index contributed by atoms with van der Waals surface area (Å²) in [5, 5.41) is 0. The molecule has 0 spiro atoms. The maximum absolute atomic E-state index is 5.54. The first kappa shape index (κ1) is 14.6. The van der Waals surface area contributed by atoms with E-state index in [4.69, 9.17) is 11.8 Å². The zero-order valence-electron chi connectivity index (χ0n) is 9.98. The Kier molecular flexibility index (Phi) is 12.3. The van der Waals surface area contributed by atoms with E-state index in [2.05, 4.69) is 13.8 Å². The van der Waals surface area contributed by atoms with E-state index < -0.39 is 0 Å². The van der Waals surface area contributed by atoms with Crippen molar-refractivity contribution in [3.8, 4) is 0 Å². The van der Waals surface area contributed by atoms with E-state index in [1.165, 1.54) is 63.7 Å². The average Bonchev–Trinajstić information content (AvgIpc) is 2.19. The zero-order chi connectivity index (χ0) is 10.6. The molecule has 0 saturated heterocycles. The summed E-state index contributed by atoms with van der Waals surface area (Å²) in [6, 6.07) is 0. The molecule has 2 heteroatoms. The second-order valence-corrected chi connectivity index (χ2v) is 7.97. The van der Waals surface area contributed by atoms with E-state index in [9.17, 15) is 0 Å². The zero-order valence-corrected chi connectivity index (χ0v) is 11.8. The van der Waals surface area contributed by atoms with Crippen molar-refractivity contribution >= 4 is 18.5 Å². The van der Waals surface area contributed by atoms with Gasteiger partial charge in [0.05, 0.1) is 0 Å². The highest BCUT2D eigenvalue weighted by Crippen LogP contribution is 2.25. The van der Waals surface area contributed by atoms with Gasteiger partial charge in [-0.1, -0.05) is 59.1 Å². The first-order valence-corrected chi connectivity index (χ1v) is 9.37. The van der Waals surface area contributed by atoms with Crippen LogP contribution in [0, 0.1) is 0 Å². The lowest BCUT2D eigenvalue weighted by Crippen LogP contribution is -1.85. The Morgan fingerprint density at radius 2 is 1.14 bits per heavy atom. The highest BCUT2D eigenvalue weighted by Gasteiger charge is 1.96. The molecule has 0 nitrogen and oxygen atoms in total. The molecule has 0 atom stereocenters. The second-order valence-electron chi connectivity index (χ2n) is 4.16. The van der Waals surface area contributed by atoms with Crippen LogP contribution < -0.4 is 0 Å². The number of rotatable bonds is 10. The van der Waals surface area contributed by atoms with Crippen molar-refractivity contribution in [1.29, 1.82) is 0 Å². The molecule has 0 N–H and O–H groups in total. The van der Waals surface area contributed by atoms with E-state index in [1.807, 2.05) is 0 Å². The molecule has 0 unspecified atom stereocenters. The van der Waals surface area contributed by atoms with Gasteiger partial charge < -0.3 is 0 Å². The van der Waals surface area contributed by atoms with Crippen LogP contribution in [0.15, 0.2) is 0 Å². The third-order valence-electron chi connectivity index (χ3n) is 2.62. The summed E-state index contributed by atoms with van der Waals surface area (Å²) in [7, 11) is 0. The predicted molar refractivity (Wildman–Crippen MR) is 73.7 cm³/mol. The van der Waals surface area contributed by atoms with Crippen molar-refractivity contribution in [3.05, 3.63) is 0 Å². The van der Waals surface area contributed by atoms with Gasteiger partial charge in [-0.2, -0.15) is 0 Å². The first-order valence-electron chi connectivity index (χ1n) is 6.33. The van der Waals surface area contributed by atoms with Gasteiger partial charge in [-0.15, -0.1) is 11.8 Å². The van der Waals surface area contributed by atoms with E-state index >= 15 is 0 Å². The molecular formula is C12H27PS. The Bertz CT molecular complexity index is 120. The van der Waals surface area contributed by atoms with Gasteiger partial charge in [0.15, 0.2) is 0 Å². The molecule has 0 aromatic heterocycles. The van der Waals surface area contributed by atoms with Gasteiger partial charge in [-0.05, 0) is 25.2 Å². The normalized spacial score (nSPS) is 11.1. The van der Waals surface area contributed by atoms with E-state index in [0.29, 0.717) is 0 Å². The standard InChI is InChI=1S/C12H27PS/c1-3-5-7-9-11-13(14)12-10-8-6-4-2/h13H,3-12H2,1-2H3. The predicted octanol–water partition coefficient (Wildman–Crippen LogP) is 4.82. The van der Waals surface area contributed by atoms with Gasteiger partial charge in [0, 0.05) is 0 Å². The molecule has 0 saturated carbocycles. The van der Waals surface area contributed by atoms with Crippen LogP contribution >= 0.6 is 6.70 Å². The lowest BCUT2D eigenvalue weighted by atomic mass is 10.2. The lowest BCUT2D eigenvalue weighted by Gasteiger charge is -2.04. The van der Waals surface area contributed by atoms with Gasteiger partial charge >= 0.3 is 0 Å². The van der Waals surface area contributed by atoms with E-state index in [1.54, 1.807) is 0 Å². The Balaban J connectivity index is 3.11. The highest BCUT2D eigenvalue weighted by atomic mass is 32.4. The van der Waals surface area contributed by atoms with Crippen LogP contribution in [0.2, 0.25) is 0 Å². The smallest absolute Gasteiger partial charge is 0.0260 e. The van der Waals surface area contributed by atoms with Crippen molar-refractivity contribution in [1.82, 2.24) is 0 Å². The number of hydrogen-bond donors (Lipinski definition) is 0. The molecule has 0 fully saturated rings. The summed E-state index contributed by atoms with van der Waals surface area (Å²) < 4.78 is 0. The molecule has 0 aromatic carbocycles. The van der Waals surface area contributed by atoms with Crippen molar-refractivity contribution in [2.75, 3.05) is 12.3 Å². The maximum Gasteiger partial charge on any atom is -0.0260 e. The van der Waals surface area contributed by atoms with Crippen molar-refractivity contribution < 1.29 is 0 Å². The second kappa shape index (κ2) is 11.7. The summed E-state index contributed by atoms with van der Waals surface area (Å²) in [6.07, 6.45) is 13.9. The van der Waals surface area contributed by atoms with Crippen molar-refractivity contribution in [3.63, 3.8) is 0 Å². The van der Waals surface area contributed by atoms with Crippen LogP contribution in [-0.4, -0.2) is 12.3 Å². The Labute approximate surface area is 96.3 Å². The maximum atomic E-state index is 5.54. The fourth-order valence-corrected chi connectivity index (χ4v) is 4.03. The van der Waals surface area contributed by atoms with Gasteiger partial charge in [-0.3, -0.25) is 0 Å². The van der Waals surface area contributed by atoms with Crippen molar-refractivity contribution in [2.24, 2.45) is 0 Å². The summed E-state index contributed by atoms with van der Waals surface area (Å²) in [5.74, 6) is 0. The molecule has 0 amide bonds. The summed E-state index contributed by atoms with van der Waals surface area (Å²) in [4.78, 5) is 0. The minimum atomic E-state index is -0.367. The van der Waals surface area contributed by atoms with Crippen LogP contribution in [0.5, 0.6) is 0 Å². The average molecular weight is 234 g/mol. The molecular weight excluding hydrogens is 207 g/mol. The monoisotopic (exact) mass is 234 g/mol. The van der Waals surface area contributed by atoms with Gasteiger partial charge in [0.25, 0.3) is 0 Å². The fraction of sp³-hybridized carbons (Fsp3) is 1.00. The highest BCUT2D eigenvalue weighted by molar-refractivity contribution is 8.05. The van der Waals surface area contributed by atoms with Crippen LogP contribution in [0.1, 0.15) is 65.2 Å². The van der Waals surface area contributed by atoms with E-state index in [0.717, 1.165) is 0 Å². The summed E-state index contributed by atoms with van der Waals surface area (Å²) >= 11 is 5.54. The summed E-state index contributed by atoms with van der Waals surface area (Å²) in [6.45, 7) is 4.17. The molecule has 0 heterocycles. The third-order valence-corrected chi connectivity index (χ3v) is 5.67. The van der Waals surface area contributed by atoms with Crippen molar-refractivity contribution in [2.45, 2.75) is 65.2 Å². The van der Waals surface area contributed by atoms with Crippen LogP contribution in [0.3, 0.4) is 0 Å². The lowest BCUT2D eigenvalue weighted by molar-refractivity contribution is 0.698. The molecule has 0 rings (SSSR count). The molecule has 0 aliphatic carbocycles. The fourth-order valence-electron chi connectivity index (χ4n) is 1.62. The quantitative estimate of drug-likeness (QED) is 0.385. The van der Waals surface area contributed by atoms with Crippen LogP contribution in [0.4, 0.5) is 0 Å². The molecule has 0 aliphatic rings. The number of unbranched alkanes of at least 4 members (excludes halogenated alkanes) is 6. The van der Waals surface area contributed by atoms with Crippen LogP contribution in [0.25, 0.3) is 0 Å². The Hall–Kier alpha value is 0.650. The van der Waals surface area contributed by atoms with Gasteiger partial charge in [-0.25, -0.2) is 0 Å². The first-order chi connectivity index (χ1) is 6.81. The molecule has 0 radical (unpaired) electrons. The topological polar surface area (TPSA) is 0 Å². The summed E-state index contributed by atoms with van der Waals surface area (Å²) in [5.41, 5.74) is 0. The minimum absolute atomic E-state index is 0.367. The van der Waals surface area contributed by atoms with Crippen LogP contribution in [-0.2, 0) is 11.8 Å². The molecule has 0 bridgehead atoms. The molecule has 14 heavy (non-hydrogen) atoms.